The molecule has 2 heteroatoms. The van der Waals surface area contributed by atoms with Crippen molar-refractivity contribution < 1.29 is 14.6 Å². The fourth-order valence-electron chi connectivity index (χ4n) is 6.21. The third-order valence-corrected chi connectivity index (χ3v) is 39.5. The Labute approximate surface area is 160 Å². The molecule has 0 fully saturated rings. The second-order valence-electron chi connectivity index (χ2n) is 9.79. The Hall–Kier alpha value is -1.15. The molecule has 4 rings (SSSR count). The molecule has 0 aromatic heterocycles. The van der Waals surface area contributed by atoms with Gasteiger partial charge in [0.25, 0.3) is 0 Å². The van der Waals surface area contributed by atoms with Crippen LogP contribution in [0.15, 0.2) is 59.7 Å². The molecule has 0 saturated carbocycles. The van der Waals surface area contributed by atoms with Crippen LogP contribution in [0.2, 0.25) is 23.6 Å². The molecule has 0 amide bonds. The molecule has 0 bridgehead atoms. The average molecular weight is 395 g/mol. The summed E-state index contributed by atoms with van der Waals surface area (Å²) in [5, 5.41) is 5.59. The second-order valence-corrected chi connectivity index (χ2v) is 35.4. The van der Waals surface area contributed by atoms with E-state index < -0.39 is 21.2 Å². The summed E-state index contributed by atoms with van der Waals surface area (Å²) in [6, 6.07) is 18.4. The summed E-state index contributed by atoms with van der Waals surface area (Å²) in [5.74, 6) is 0. The van der Waals surface area contributed by atoms with Crippen LogP contribution in [0.25, 0.3) is 12.2 Å². The molecule has 2 aliphatic rings. The van der Waals surface area contributed by atoms with Crippen LogP contribution in [0.3, 0.4) is 0 Å². The van der Waals surface area contributed by atoms with Gasteiger partial charge in [-0.25, -0.2) is 0 Å². The number of allylic oxidation sites excluding steroid dienone is 2. The molecule has 0 aliphatic heterocycles. The minimum atomic E-state index is -2.98. The van der Waals surface area contributed by atoms with Gasteiger partial charge < -0.3 is 0 Å². The van der Waals surface area contributed by atoms with Gasteiger partial charge in [-0.1, -0.05) is 0 Å². The van der Waals surface area contributed by atoms with E-state index in [4.69, 9.17) is 0 Å². The van der Waals surface area contributed by atoms with Gasteiger partial charge in [-0.05, 0) is 0 Å². The van der Waals surface area contributed by atoms with Crippen molar-refractivity contribution in [2.75, 3.05) is 0 Å². The zero-order valence-corrected chi connectivity index (χ0v) is 19.7. The first-order valence-electron chi connectivity index (χ1n) is 9.98. The first-order valence-corrected chi connectivity index (χ1v) is 20.5. The van der Waals surface area contributed by atoms with Gasteiger partial charge in [0.15, 0.2) is 0 Å². The van der Waals surface area contributed by atoms with Crippen LogP contribution >= 0.6 is 0 Å². The summed E-state index contributed by atoms with van der Waals surface area (Å²) in [6.45, 7) is 9.17. The van der Waals surface area contributed by atoms with E-state index in [1.165, 1.54) is 11.1 Å². The molecule has 2 unspecified atom stereocenters. The maximum absolute atomic E-state index is 2.98. The summed E-state index contributed by atoms with van der Waals surface area (Å²) in [7, 11) is 0. The van der Waals surface area contributed by atoms with Crippen LogP contribution in [-0.2, 0) is 14.6 Å². The van der Waals surface area contributed by atoms with Crippen LogP contribution in [0, 0.1) is 0 Å². The predicted octanol–water partition coefficient (Wildman–Crippen LogP) is 7.07. The van der Waals surface area contributed by atoms with Gasteiger partial charge in [0.1, 0.15) is 0 Å². The molecule has 2 aromatic rings. The Balaban J connectivity index is 1.99. The average Bonchev–Trinajstić information content (AvgIpc) is 3.10. The fourth-order valence-corrected chi connectivity index (χ4v) is 26.6. The van der Waals surface area contributed by atoms with Crippen molar-refractivity contribution in [3.8, 4) is 0 Å². The number of hydrogen-bond donors (Lipinski definition) is 0. The molecule has 135 valence electrons. The molecular weight excluding hydrogens is 364 g/mol. The first kappa shape index (κ1) is 18.2. The second kappa shape index (κ2) is 5.92. The molecule has 0 saturated heterocycles. The van der Waals surface area contributed by atoms with Crippen molar-refractivity contribution in [1.29, 1.82) is 0 Å². The molecule has 2 atom stereocenters. The van der Waals surface area contributed by atoms with Gasteiger partial charge in [0.2, 0.25) is 0 Å². The number of fused-ring (bicyclic) bond motifs is 2. The minimum absolute atomic E-state index is 0.675. The zero-order chi connectivity index (χ0) is 18.7. The van der Waals surface area contributed by atoms with Crippen molar-refractivity contribution >= 4 is 18.8 Å². The third-order valence-electron chi connectivity index (χ3n) is 7.93. The standard InChI is InChI=1S/2C10H9.C2H7Si.2CH3.Ti/c2*1-8-6-9-4-2-3-5-10(9)7-8;1-3-2;;;/h2*2-7H,1H3;3H,1-2H3;2*1H3;. The van der Waals surface area contributed by atoms with E-state index in [1.54, 1.807) is 22.3 Å². The van der Waals surface area contributed by atoms with Gasteiger partial charge in [0, 0.05) is 0 Å². The molecule has 2 aromatic carbocycles. The van der Waals surface area contributed by atoms with Gasteiger partial charge in [-0.15, -0.1) is 0 Å². The van der Waals surface area contributed by atoms with Crippen molar-refractivity contribution in [2.24, 2.45) is 0 Å². The molecular formula is C24H31SiTi. The number of rotatable bonds is 3. The van der Waals surface area contributed by atoms with Gasteiger partial charge in [-0.2, -0.15) is 0 Å². The number of hydrogen-bond acceptors (Lipinski definition) is 0. The Morgan fingerprint density at radius 1 is 0.692 bits per heavy atom. The monoisotopic (exact) mass is 395 g/mol. The Bertz CT molecular complexity index is 877. The van der Waals surface area contributed by atoms with Crippen molar-refractivity contribution in [1.82, 2.24) is 0 Å². The van der Waals surface area contributed by atoms with Crippen LogP contribution in [0.1, 0.15) is 44.5 Å². The SMILES string of the molecule is CC1=Cc2ccccc2[CH]1[Ti]([CH3])([CH3])([CH]1C(C)=Cc2ccccc21)[SiH](C)C. The molecule has 0 radical (unpaired) electrons. The molecule has 0 heterocycles. The quantitative estimate of drug-likeness (QED) is 0.488. The fraction of sp³-hybridized carbons (Fsp3) is 0.333. The van der Waals surface area contributed by atoms with Crippen molar-refractivity contribution in [3.63, 3.8) is 0 Å². The van der Waals surface area contributed by atoms with E-state index in [0.29, 0.717) is 8.45 Å². The Kier molecular flexibility index (Phi) is 4.15. The molecule has 2 aliphatic carbocycles. The molecule has 0 spiro atoms. The molecule has 0 N–H and O–H groups in total. The van der Waals surface area contributed by atoms with Crippen LogP contribution in [0.4, 0.5) is 0 Å². The Morgan fingerprint density at radius 2 is 1.08 bits per heavy atom. The summed E-state index contributed by atoms with van der Waals surface area (Å²) >= 11 is -2.98. The molecule has 26 heavy (non-hydrogen) atoms. The maximum atomic E-state index is 2.79. The van der Waals surface area contributed by atoms with E-state index in [1.807, 2.05) is 0 Å². The van der Waals surface area contributed by atoms with Gasteiger partial charge in [0.05, 0.1) is 0 Å². The molecule has 0 nitrogen and oxygen atoms in total. The predicted molar refractivity (Wildman–Crippen MR) is 116 cm³/mol. The van der Waals surface area contributed by atoms with Crippen LogP contribution in [-0.4, -0.2) is 6.66 Å². The summed E-state index contributed by atoms with van der Waals surface area (Å²) < 4.78 is 1.35. The van der Waals surface area contributed by atoms with E-state index in [-0.39, 0.29) is 0 Å². The van der Waals surface area contributed by atoms with E-state index in [2.05, 4.69) is 98.1 Å². The van der Waals surface area contributed by atoms with Crippen LogP contribution in [0.5, 0.6) is 0 Å². The van der Waals surface area contributed by atoms with E-state index in [9.17, 15) is 0 Å². The summed E-state index contributed by atoms with van der Waals surface area (Å²) in [6.07, 6.45) is 4.96. The normalized spacial score (nSPS) is 23.1. The van der Waals surface area contributed by atoms with E-state index in [0.717, 1.165) is 0 Å². The number of benzene rings is 2. The topological polar surface area (TPSA) is 0 Å². The summed E-state index contributed by atoms with van der Waals surface area (Å²) in [4.78, 5) is 0. The van der Waals surface area contributed by atoms with Crippen molar-refractivity contribution in [3.05, 3.63) is 81.9 Å². The van der Waals surface area contributed by atoms with Gasteiger partial charge in [-0.3, -0.25) is 0 Å². The Morgan fingerprint density at radius 3 is 1.46 bits per heavy atom. The summed E-state index contributed by atoms with van der Waals surface area (Å²) in [5.41, 5.74) is 9.41. The first-order chi connectivity index (χ1) is 12.2. The van der Waals surface area contributed by atoms with E-state index >= 15 is 0 Å². The third kappa shape index (κ3) is 2.30. The van der Waals surface area contributed by atoms with Gasteiger partial charge >= 0.3 is 161 Å². The van der Waals surface area contributed by atoms with Crippen LogP contribution < -0.4 is 0 Å². The van der Waals surface area contributed by atoms with Crippen molar-refractivity contribution in [2.45, 2.75) is 45.8 Å². The zero-order valence-electron chi connectivity index (χ0n) is 17.0.